The molecule has 0 spiro atoms. The highest BCUT2D eigenvalue weighted by Gasteiger charge is 2.58. The molecule has 0 bridgehead atoms. The second-order valence-electron chi connectivity index (χ2n) is 9.82. The van der Waals surface area contributed by atoms with E-state index in [2.05, 4.69) is 20.6 Å². The van der Waals surface area contributed by atoms with E-state index in [9.17, 15) is 14.4 Å². The molecular weight excluding hydrogens is 570 g/mol. The predicted octanol–water partition coefficient (Wildman–Crippen LogP) is 2.52. The fraction of sp³-hybridized carbons (Fsp3) is 0.355. The molecule has 3 aromatic rings. The lowest BCUT2D eigenvalue weighted by atomic mass is 10.1. The molecule has 1 amide bonds. The maximum absolute atomic E-state index is 12.4. The molecule has 230 valence electrons. The van der Waals surface area contributed by atoms with Gasteiger partial charge in [-0.1, -0.05) is 50.2 Å². The third-order valence-corrected chi connectivity index (χ3v) is 6.87. The molecule has 5 rings (SSSR count). The molecule has 0 unspecified atom stereocenters. The Morgan fingerprint density at radius 3 is 2.34 bits per heavy atom. The molecule has 0 saturated carbocycles. The number of nitrogens with zero attached hydrogens (tertiary/aromatic N) is 3. The fourth-order valence-electron chi connectivity index (χ4n) is 4.61. The molecule has 2 aliphatic heterocycles. The smallest absolute Gasteiger partial charge is 0.463 e. The molecule has 2 aromatic carbocycles. The summed E-state index contributed by atoms with van der Waals surface area (Å²) in [5.41, 5.74) is 1.26. The topological polar surface area (TPSA) is 151 Å². The normalized spacial score (nSPS) is 20.1. The summed E-state index contributed by atoms with van der Waals surface area (Å²) >= 11 is 0. The molecule has 13 nitrogen and oxygen atoms in total. The zero-order valence-electron chi connectivity index (χ0n) is 24.4. The Bertz CT molecular complexity index is 1490. The van der Waals surface area contributed by atoms with Gasteiger partial charge in [0.15, 0.2) is 12.8 Å². The van der Waals surface area contributed by atoms with Crippen molar-refractivity contribution in [3.63, 3.8) is 0 Å². The zero-order valence-corrected chi connectivity index (χ0v) is 24.4. The largest absolute Gasteiger partial charge is 0.503 e. The molecule has 2 N–H and O–H groups in total. The summed E-state index contributed by atoms with van der Waals surface area (Å²) in [6.45, 7) is 3.36. The maximum atomic E-state index is 12.4. The number of ether oxygens (including phenoxy) is 5. The molecule has 0 radical (unpaired) electrons. The van der Waals surface area contributed by atoms with Crippen LogP contribution in [-0.2, 0) is 28.5 Å². The summed E-state index contributed by atoms with van der Waals surface area (Å²) < 4.78 is 30.6. The third kappa shape index (κ3) is 7.29. The van der Waals surface area contributed by atoms with Crippen LogP contribution in [0.25, 0.3) is 0 Å². The van der Waals surface area contributed by atoms with Crippen molar-refractivity contribution in [1.29, 1.82) is 0 Å². The van der Waals surface area contributed by atoms with Crippen LogP contribution in [0.1, 0.15) is 48.8 Å². The van der Waals surface area contributed by atoms with Crippen LogP contribution in [0.4, 0.5) is 5.82 Å². The minimum atomic E-state index is -0.784. The van der Waals surface area contributed by atoms with Crippen molar-refractivity contribution in [2.24, 2.45) is 4.99 Å². The van der Waals surface area contributed by atoms with Gasteiger partial charge in [-0.25, -0.2) is 4.99 Å². The molecule has 13 heteroatoms. The Balaban J connectivity index is 1.23. The Morgan fingerprint density at radius 2 is 1.64 bits per heavy atom. The Hall–Kier alpha value is -5.04. The first-order chi connectivity index (χ1) is 21.5. The van der Waals surface area contributed by atoms with Crippen LogP contribution >= 0.6 is 0 Å². The molecule has 2 aliphatic rings. The number of rotatable bonds is 12. The van der Waals surface area contributed by atoms with E-state index < -0.39 is 30.5 Å². The first-order valence-corrected chi connectivity index (χ1v) is 14.4. The molecule has 4 atom stereocenters. The number of esters is 2. The van der Waals surface area contributed by atoms with E-state index in [1.165, 1.54) is 0 Å². The van der Waals surface area contributed by atoms with E-state index in [0.717, 1.165) is 5.56 Å². The summed E-state index contributed by atoms with van der Waals surface area (Å²) in [6.07, 6.45) is -0.608. The van der Waals surface area contributed by atoms with Gasteiger partial charge in [-0.05, 0) is 24.3 Å². The highest BCUT2D eigenvalue weighted by atomic mass is 16.7. The lowest BCUT2D eigenvalue weighted by Crippen LogP contribution is -2.41. The molecule has 1 fully saturated rings. The fourth-order valence-corrected chi connectivity index (χ4v) is 4.61. The van der Waals surface area contributed by atoms with Crippen molar-refractivity contribution < 1.29 is 42.6 Å². The summed E-state index contributed by atoms with van der Waals surface area (Å²) in [4.78, 5) is 45.3. The van der Waals surface area contributed by atoms with E-state index in [0.29, 0.717) is 17.3 Å². The lowest BCUT2D eigenvalue weighted by Gasteiger charge is -2.20. The number of hydrogen-bond acceptors (Lipinski definition) is 11. The summed E-state index contributed by atoms with van der Waals surface area (Å²) in [5, 5.41) is 5.85. The van der Waals surface area contributed by atoms with Gasteiger partial charge >= 0.3 is 17.9 Å². The average Bonchev–Trinajstić information content (AvgIpc) is 3.58. The predicted molar refractivity (Wildman–Crippen MR) is 156 cm³/mol. The summed E-state index contributed by atoms with van der Waals surface area (Å²) in [6, 6.07) is 20.2. The van der Waals surface area contributed by atoms with Gasteiger partial charge < -0.3 is 34.3 Å². The van der Waals surface area contributed by atoms with E-state index in [4.69, 9.17) is 23.7 Å². The average molecular weight is 605 g/mol. The van der Waals surface area contributed by atoms with E-state index >= 15 is 0 Å². The number of amides is 1. The SMILES string of the molecule is CCC(=O)OC[C@H]1O[C@@H]2[C@@H](Oc3nc(NC/N=C(/OCNC(=O)c4ccccc4)c4ccccc4)cc[n+]32)[C@@H]1OC(=O)CC. The molecule has 44 heavy (non-hydrogen) atoms. The third-order valence-electron chi connectivity index (χ3n) is 6.87. The van der Waals surface area contributed by atoms with Crippen molar-refractivity contribution in [2.75, 3.05) is 25.3 Å². The van der Waals surface area contributed by atoms with Crippen LogP contribution in [0.15, 0.2) is 77.9 Å². The monoisotopic (exact) mass is 604 g/mol. The van der Waals surface area contributed by atoms with Crippen molar-refractivity contribution in [1.82, 2.24) is 10.3 Å². The van der Waals surface area contributed by atoms with Gasteiger partial charge in [0.1, 0.15) is 25.6 Å². The van der Waals surface area contributed by atoms with Gasteiger partial charge in [0.25, 0.3) is 5.91 Å². The first-order valence-electron chi connectivity index (χ1n) is 14.4. The quantitative estimate of drug-likeness (QED) is 0.104. The van der Waals surface area contributed by atoms with Crippen LogP contribution in [0.2, 0.25) is 0 Å². The van der Waals surface area contributed by atoms with Gasteiger partial charge in [0.2, 0.25) is 24.0 Å². The highest BCUT2D eigenvalue weighted by Crippen LogP contribution is 2.36. The molecule has 0 aliphatic carbocycles. The maximum Gasteiger partial charge on any atom is 0.503 e. The van der Waals surface area contributed by atoms with Crippen molar-refractivity contribution in [3.05, 3.63) is 84.1 Å². The van der Waals surface area contributed by atoms with Gasteiger partial charge in [0.05, 0.1) is 0 Å². The first kappa shape index (κ1) is 30.4. The lowest BCUT2D eigenvalue weighted by molar-refractivity contribution is -0.746. The zero-order chi connectivity index (χ0) is 30.9. The number of nitrogens with one attached hydrogen (secondary N) is 2. The van der Waals surface area contributed by atoms with Crippen LogP contribution in [0.5, 0.6) is 6.01 Å². The number of aliphatic imine (C=N–C) groups is 1. The van der Waals surface area contributed by atoms with E-state index in [1.54, 1.807) is 54.9 Å². The number of carbonyl (C=O) groups is 3. The van der Waals surface area contributed by atoms with Gasteiger partial charge in [-0.2, -0.15) is 4.57 Å². The number of carbonyl (C=O) groups excluding carboxylic acids is 3. The minimum absolute atomic E-state index is 0.0621. The number of benzene rings is 2. The van der Waals surface area contributed by atoms with Gasteiger partial charge in [-0.15, -0.1) is 0 Å². The van der Waals surface area contributed by atoms with Crippen LogP contribution in [0, 0.1) is 0 Å². The van der Waals surface area contributed by atoms with Gasteiger partial charge in [-0.3, -0.25) is 14.4 Å². The molecular formula is C31H34N5O8+. The van der Waals surface area contributed by atoms with Crippen molar-refractivity contribution in [2.45, 2.75) is 51.2 Å². The van der Waals surface area contributed by atoms with E-state index in [1.807, 2.05) is 36.4 Å². The summed E-state index contributed by atoms with van der Waals surface area (Å²) in [7, 11) is 0. The second-order valence-corrected chi connectivity index (χ2v) is 9.82. The Morgan fingerprint density at radius 1 is 0.932 bits per heavy atom. The van der Waals surface area contributed by atoms with Gasteiger partial charge in [0, 0.05) is 35.0 Å². The summed E-state index contributed by atoms with van der Waals surface area (Å²) in [5.74, 6) is -0.251. The Labute approximate surface area is 254 Å². The second kappa shape index (κ2) is 14.4. The number of anilines is 1. The van der Waals surface area contributed by atoms with E-state index in [-0.39, 0.29) is 50.7 Å². The molecule has 1 saturated heterocycles. The molecule has 1 aromatic heterocycles. The highest BCUT2D eigenvalue weighted by molar-refractivity contribution is 5.95. The van der Waals surface area contributed by atoms with Crippen LogP contribution in [-0.4, -0.2) is 67.0 Å². The number of aromatic nitrogens is 2. The van der Waals surface area contributed by atoms with Crippen LogP contribution < -0.4 is 19.9 Å². The Kier molecular flexibility index (Phi) is 9.97. The van der Waals surface area contributed by atoms with Crippen molar-refractivity contribution >= 4 is 29.6 Å². The molecule has 3 heterocycles. The number of hydrogen-bond donors (Lipinski definition) is 2. The minimum Gasteiger partial charge on any atom is -0.463 e. The van der Waals surface area contributed by atoms with Crippen molar-refractivity contribution in [3.8, 4) is 6.01 Å². The standard InChI is InChI=1S/C31H33N5O8/c1-3-24(37)40-17-22-26(43-25(38)4-2)27-30(42-22)36-16-15-23(35-31(36)44-27)32-18-33-29(21-13-9-6-10-14-21)41-19-34-28(39)20-11-7-5-8-12-20/h5-16,22,26-27,30H,3-4,17-19H2,1-2H3,(H,34,39)/p+1/b33-29+/t22-,26-,27+,30-/m1/s1. The van der Waals surface area contributed by atoms with Crippen LogP contribution in [0.3, 0.4) is 0 Å². The number of fused-ring (bicyclic) bond motifs is 3.